The van der Waals surface area contributed by atoms with Crippen molar-refractivity contribution in [2.24, 2.45) is 5.92 Å². The zero-order chi connectivity index (χ0) is 10.7. The first kappa shape index (κ1) is 10.1. The monoisotopic (exact) mass is 206 g/mol. The summed E-state index contributed by atoms with van der Waals surface area (Å²) in [6.07, 6.45) is 1.75. The van der Waals surface area contributed by atoms with Crippen molar-refractivity contribution in [3.63, 3.8) is 0 Å². The number of hydrogen-bond donors (Lipinski definition) is 1. The van der Waals surface area contributed by atoms with E-state index < -0.39 is 0 Å². The topological polar surface area (TPSA) is 51.2 Å². The van der Waals surface area contributed by atoms with Crippen LogP contribution in [0.25, 0.3) is 0 Å². The number of rotatable bonds is 2. The maximum absolute atomic E-state index is 11.5. The summed E-state index contributed by atoms with van der Waals surface area (Å²) in [5.41, 5.74) is 0.956. The quantitative estimate of drug-likeness (QED) is 0.718. The molecule has 2 heterocycles. The molecule has 0 unspecified atom stereocenters. The SMILES string of the molecule is COC(=O)[C@@H]1CNC[C@H]1c1ccccn1. The molecule has 1 aliphatic heterocycles. The van der Waals surface area contributed by atoms with Crippen molar-refractivity contribution in [2.75, 3.05) is 20.2 Å². The maximum Gasteiger partial charge on any atom is 0.310 e. The number of nitrogens with one attached hydrogen (secondary N) is 1. The van der Waals surface area contributed by atoms with Crippen LogP contribution in [0.15, 0.2) is 24.4 Å². The van der Waals surface area contributed by atoms with Crippen molar-refractivity contribution in [1.29, 1.82) is 0 Å². The third-order valence-corrected chi connectivity index (χ3v) is 2.79. The number of hydrogen-bond acceptors (Lipinski definition) is 4. The van der Waals surface area contributed by atoms with Gasteiger partial charge in [0, 0.05) is 30.9 Å². The molecule has 0 radical (unpaired) electrons. The Hall–Kier alpha value is -1.42. The van der Waals surface area contributed by atoms with Gasteiger partial charge in [-0.3, -0.25) is 9.78 Å². The highest BCUT2D eigenvalue weighted by molar-refractivity contribution is 5.74. The van der Waals surface area contributed by atoms with Crippen molar-refractivity contribution in [3.05, 3.63) is 30.1 Å². The fourth-order valence-corrected chi connectivity index (χ4v) is 1.98. The van der Waals surface area contributed by atoms with E-state index in [-0.39, 0.29) is 17.8 Å². The molecule has 1 aromatic heterocycles. The van der Waals surface area contributed by atoms with Crippen LogP contribution in [0, 0.1) is 5.92 Å². The van der Waals surface area contributed by atoms with Crippen LogP contribution in [0.2, 0.25) is 0 Å². The number of methoxy groups -OCH3 is 1. The lowest BCUT2D eigenvalue weighted by Crippen LogP contribution is -2.23. The van der Waals surface area contributed by atoms with Gasteiger partial charge in [-0.2, -0.15) is 0 Å². The summed E-state index contributed by atoms with van der Waals surface area (Å²) < 4.78 is 4.78. The molecule has 0 aromatic carbocycles. The molecule has 15 heavy (non-hydrogen) atoms. The lowest BCUT2D eigenvalue weighted by molar-refractivity contribution is -0.145. The van der Waals surface area contributed by atoms with Crippen LogP contribution in [0.1, 0.15) is 11.6 Å². The smallest absolute Gasteiger partial charge is 0.310 e. The predicted octanol–water partition coefficient (Wildman–Crippen LogP) is 0.558. The number of pyridine rings is 1. The second-order valence-corrected chi connectivity index (χ2v) is 3.65. The second-order valence-electron chi connectivity index (χ2n) is 3.65. The van der Waals surface area contributed by atoms with E-state index in [9.17, 15) is 4.79 Å². The Morgan fingerprint density at radius 3 is 3.07 bits per heavy atom. The van der Waals surface area contributed by atoms with Crippen LogP contribution < -0.4 is 5.32 Å². The Morgan fingerprint density at radius 1 is 1.53 bits per heavy atom. The van der Waals surface area contributed by atoms with Crippen LogP contribution in [0.3, 0.4) is 0 Å². The normalized spacial score (nSPS) is 25.1. The van der Waals surface area contributed by atoms with Gasteiger partial charge in [0.05, 0.1) is 13.0 Å². The van der Waals surface area contributed by atoms with E-state index in [2.05, 4.69) is 10.3 Å². The van der Waals surface area contributed by atoms with Crippen molar-refractivity contribution < 1.29 is 9.53 Å². The van der Waals surface area contributed by atoms with Crippen LogP contribution in [-0.2, 0) is 9.53 Å². The number of nitrogens with zero attached hydrogens (tertiary/aromatic N) is 1. The summed E-state index contributed by atoms with van der Waals surface area (Å²) in [6, 6.07) is 5.77. The first-order chi connectivity index (χ1) is 7.33. The minimum absolute atomic E-state index is 0.107. The van der Waals surface area contributed by atoms with E-state index in [1.54, 1.807) is 6.20 Å². The predicted molar refractivity (Wildman–Crippen MR) is 55.4 cm³/mol. The molecule has 1 aromatic rings. The summed E-state index contributed by atoms with van der Waals surface area (Å²) in [5.74, 6) is -0.126. The molecule has 0 aliphatic carbocycles. The van der Waals surface area contributed by atoms with E-state index in [0.717, 1.165) is 12.2 Å². The second kappa shape index (κ2) is 4.40. The number of carbonyl (C=O) groups is 1. The average Bonchev–Trinajstić information content (AvgIpc) is 2.78. The minimum atomic E-state index is -0.157. The Balaban J connectivity index is 2.18. The fraction of sp³-hybridized carbons (Fsp3) is 0.455. The average molecular weight is 206 g/mol. The lowest BCUT2D eigenvalue weighted by atomic mass is 9.92. The number of esters is 1. The Morgan fingerprint density at radius 2 is 2.40 bits per heavy atom. The van der Waals surface area contributed by atoms with Gasteiger partial charge in [-0.1, -0.05) is 6.07 Å². The molecular weight excluding hydrogens is 192 g/mol. The third-order valence-electron chi connectivity index (χ3n) is 2.79. The standard InChI is InChI=1S/C11H14N2O2/c1-15-11(14)9-7-12-6-8(9)10-4-2-3-5-13-10/h2-5,8-9,12H,6-7H2,1H3/t8-,9-/m1/s1. The number of carbonyl (C=O) groups excluding carboxylic acids is 1. The largest absolute Gasteiger partial charge is 0.469 e. The van der Waals surface area contributed by atoms with Gasteiger partial charge in [-0.15, -0.1) is 0 Å². The molecule has 4 heteroatoms. The van der Waals surface area contributed by atoms with Gasteiger partial charge in [0.1, 0.15) is 0 Å². The van der Waals surface area contributed by atoms with E-state index in [1.807, 2.05) is 18.2 Å². The Kier molecular flexibility index (Phi) is 2.97. The van der Waals surface area contributed by atoms with Crippen molar-refractivity contribution in [3.8, 4) is 0 Å². The highest BCUT2D eigenvalue weighted by Crippen LogP contribution is 2.27. The van der Waals surface area contributed by atoms with Gasteiger partial charge in [0.2, 0.25) is 0 Å². The molecule has 1 aliphatic rings. The van der Waals surface area contributed by atoms with Gasteiger partial charge in [0.25, 0.3) is 0 Å². The van der Waals surface area contributed by atoms with Gasteiger partial charge >= 0.3 is 5.97 Å². The number of aromatic nitrogens is 1. The third kappa shape index (κ3) is 1.99. The maximum atomic E-state index is 11.5. The fourth-order valence-electron chi connectivity index (χ4n) is 1.98. The Labute approximate surface area is 88.7 Å². The molecule has 0 spiro atoms. The van der Waals surface area contributed by atoms with Gasteiger partial charge in [0.15, 0.2) is 0 Å². The van der Waals surface area contributed by atoms with Crippen LogP contribution >= 0.6 is 0 Å². The van der Waals surface area contributed by atoms with Crippen molar-refractivity contribution >= 4 is 5.97 Å². The first-order valence-corrected chi connectivity index (χ1v) is 5.02. The molecule has 0 saturated carbocycles. The molecule has 2 rings (SSSR count). The van der Waals surface area contributed by atoms with Crippen molar-refractivity contribution in [1.82, 2.24) is 10.3 Å². The molecule has 1 N–H and O–H groups in total. The summed E-state index contributed by atoms with van der Waals surface area (Å²) in [4.78, 5) is 15.8. The summed E-state index contributed by atoms with van der Waals surface area (Å²) in [6.45, 7) is 1.46. The summed E-state index contributed by atoms with van der Waals surface area (Å²) >= 11 is 0. The number of ether oxygens (including phenoxy) is 1. The van der Waals surface area contributed by atoms with E-state index in [1.165, 1.54) is 7.11 Å². The highest BCUT2D eigenvalue weighted by Gasteiger charge is 2.35. The summed E-state index contributed by atoms with van der Waals surface area (Å²) in [5, 5.41) is 3.20. The molecule has 0 bridgehead atoms. The Bertz CT molecular complexity index is 340. The lowest BCUT2D eigenvalue weighted by Gasteiger charge is -2.15. The highest BCUT2D eigenvalue weighted by atomic mass is 16.5. The van der Waals surface area contributed by atoms with Crippen LogP contribution in [0.5, 0.6) is 0 Å². The molecular formula is C11H14N2O2. The van der Waals surface area contributed by atoms with Gasteiger partial charge < -0.3 is 10.1 Å². The van der Waals surface area contributed by atoms with Crippen LogP contribution in [-0.4, -0.2) is 31.2 Å². The first-order valence-electron chi connectivity index (χ1n) is 5.02. The molecule has 1 saturated heterocycles. The zero-order valence-corrected chi connectivity index (χ0v) is 8.64. The molecule has 80 valence electrons. The minimum Gasteiger partial charge on any atom is -0.469 e. The van der Waals surface area contributed by atoms with Crippen molar-refractivity contribution in [2.45, 2.75) is 5.92 Å². The van der Waals surface area contributed by atoms with E-state index in [4.69, 9.17) is 4.74 Å². The molecule has 2 atom stereocenters. The zero-order valence-electron chi connectivity index (χ0n) is 8.64. The van der Waals surface area contributed by atoms with Crippen LogP contribution in [0.4, 0.5) is 0 Å². The summed E-state index contributed by atoms with van der Waals surface area (Å²) in [7, 11) is 1.43. The van der Waals surface area contributed by atoms with Gasteiger partial charge in [-0.25, -0.2) is 0 Å². The molecule has 4 nitrogen and oxygen atoms in total. The van der Waals surface area contributed by atoms with E-state index in [0.29, 0.717) is 6.54 Å². The van der Waals surface area contributed by atoms with Gasteiger partial charge in [-0.05, 0) is 12.1 Å². The molecule has 0 amide bonds. The van der Waals surface area contributed by atoms with E-state index >= 15 is 0 Å². The molecule has 1 fully saturated rings.